The SMILES string of the molecule is COc1ccc(-c2nc(C)c(C(=O)NNC(=O)c3ccc(C)cc3)s2)cc1OC. The fourth-order valence-corrected chi connectivity index (χ4v) is 3.61. The third-order valence-electron chi connectivity index (χ3n) is 4.24. The van der Waals surface area contributed by atoms with Crippen molar-refractivity contribution in [2.45, 2.75) is 13.8 Å². The predicted molar refractivity (Wildman–Crippen MR) is 112 cm³/mol. The van der Waals surface area contributed by atoms with Crippen molar-refractivity contribution in [2.75, 3.05) is 14.2 Å². The molecule has 150 valence electrons. The van der Waals surface area contributed by atoms with Crippen LogP contribution < -0.4 is 20.3 Å². The quantitative estimate of drug-likeness (QED) is 0.627. The summed E-state index contributed by atoms with van der Waals surface area (Å²) in [6.07, 6.45) is 0. The summed E-state index contributed by atoms with van der Waals surface area (Å²) in [7, 11) is 3.13. The smallest absolute Gasteiger partial charge is 0.281 e. The van der Waals surface area contributed by atoms with Gasteiger partial charge in [-0.2, -0.15) is 0 Å². The van der Waals surface area contributed by atoms with Crippen LogP contribution in [0, 0.1) is 13.8 Å². The minimum Gasteiger partial charge on any atom is -0.493 e. The van der Waals surface area contributed by atoms with E-state index in [4.69, 9.17) is 9.47 Å². The molecule has 0 spiro atoms. The highest BCUT2D eigenvalue weighted by atomic mass is 32.1. The van der Waals surface area contributed by atoms with Crippen molar-refractivity contribution in [3.05, 3.63) is 64.2 Å². The third-order valence-corrected chi connectivity index (χ3v) is 5.44. The highest BCUT2D eigenvalue weighted by Gasteiger charge is 2.18. The molecule has 2 N–H and O–H groups in total. The fourth-order valence-electron chi connectivity index (χ4n) is 2.65. The van der Waals surface area contributed by atoms with Crippen LogP contribution >= 0.6 is 11.3 Å². The van der Waals surface area contributed by atoms with Gasteiger partial charge in [0.15, 0.2) is 11.5 Å². The Morgan fingerprint density at radius 3 is 2.21 bits per heavy atom. The molecule has 0 saturated heterocycles. The van der Waals surface area contributed by atoms with Crippen molar-refractivity contribution < 1.29 is 19.1 Å². The Balaban J connectivity index is 1.73. The number of amides is 2. The van der Waals surface area contributed by atoms with Gasteiger partial charge in [0.25, 0.3) is 11.8 Å². The normalized spacial score (nSPS) is 10.3. The Morgan fingerprint density at radius 1 is 0.897 bits per heavy atom. The van der Waals surface area contributed by atoms with Crippen molar-refractivity contribution >= 4 is 23.2 Å². The maximum Gasteiger partial charge on any atom is 0.281 e. The molecule has 3 rings (SSSR count). The van der Waals surface area contributed by atoms with Crippen LogP contribution in [0.1, 0.15) is 31.3 Å². The monoisotopic (exact) mass is 411 g/mol. The maximum absolute atomic E-state index is 12.5. The minimum atomic E-state index is -0.424. The standard InChI is InChI=1S/C21H21N3O4S/c1-12-5-7-14(8-6-12)19(25)23-24-20(26)18-13(2)22-21(29-18)15-9-10-16(27-3)17(11-15)28-4/h5-11H,1-4H3,(H,23,25)(H,24,26). The van der Waals surface area contributed by atoms with Crippen LogP contribution in [0.3, 0.4) is 0 Å². The van der Waals surface area contributed by atoms with E-state index in [0.29, 0.717) is 32.6 Å². The molecule has 2 amide bonds. The number of nitrogens with one attached hydrogen (secondary N) is 2. The molecule has 29 heavy (non-hydrogen) atoms. The first-order chi connectivity index (χ1) is 13.9. The summed E-state index contributed by atoms with van der Waals surface area (Å²) in [6.45, 7) is 3.68. The van der Waals surface area contributed by atoms with E-state index in [2.05, 4.69) is 15.8 Å². The Labute approximate surface area is 172 Å². The van der Waals surface area contributed by atoms with Gasteiger partial charge in [-0.05, 0) is 44.2 Å². The van der Waals surface area contributed by atoms with Gasteiger partial charge in [0.1, 0.15) is 9.88 Å². The van der Waals surface area contributed by atoms with Gasteiger partial charge in [-0.1, -0.05) is 17.7 Å². The fraction of sp³-hybridized carbons (Fsp3) is 0.190. The van der Waals surface area contributed by atoms with E-state index in [9.17, 15) is 9.59 Å². The van der Waals surface area contributed by atoms with Crippen LogP contribution in [0.2, 0.25) is 0 Å². The molecule has 0 saturated carbocycles. The van der Waals surface area contributed by atoms with Gasteiger partial charge in [-0.15, -0.1) is 11.3 Å². The summed E-state index contributed by atoms with van der Waals surface area (Å²) in [5.41, 5.74) is 7.76. The zero-order valence-corrected chi connectivity index (χ0v) is 17.3. The van der Waals surface area contributed by atoms with Crippen molar-refractivity contribution in [1.82, 2.24) is 15.8 Å². The number of hydrogen-bond acceptors (Lipinski definition) is 6. The summed E-state index contributed by atoms with van der Waals surface area (Å²) < 4.78 is 10.6. The number of rotatable bonds is 5. The molecular weight excluding hydrogens is 390 g/mol. The summed E-state index contributed by atoms with van der Waals surface area (Å²) in [5.74, 6) is 0.378. The molecule has 1 aromatic heterocycles. The van der Waals surface area contributed by atoms with E-state index in [1.807, 2.05) is 25.1 Å². The number of aryl methyl sites for hydroxylation is 2. The molecule has 0 aliphatic rings. The molecule has 0 atom stereocenters. The lowest BCUT2D eigenvalue weighted by atomic mass is 10.1. The van der Waals surface area contributed by atoms with Crippen LogP contribution in [-0.2, 0) is 0 Å². The molecule has 1 heterocycles. The second-order valence-electron chi connectivity index (χ2n) is 6.28. The Morgan fingerprint density at radius 2 is 1.55 bits per heavy atom. The number of benzene rings is 2. The molecule has 2 aromatic carbocycles. The topological polar surface area (TPSA) is 89.5 Å². The third kappa shape index (κ3) is 4.55. The summed E-state index contributed by atoms with van der Waals surface area (Å²) in [5, 5.41) is 0.665. The Bertz CT molecular complexity index is 1040. The first-order valence-electron chi connectivity index (χ1n) is 8.80. The van der Waals surface area contributed by atoms with E-state index in [1.165, 1.54) is 11.3 Å². The number of aromatic nitrogens is 1. The van der Waals surface area contributed by atoms with Crippen LogP contribution in [-0.4, -0.2) is 31.0 Å². The van der Waals surface area contributed by atoms with Gasteiger partial charge in [-0.25, -0.2) is 4.98 Å². The number of methoxy groups -OCH3 is 2. The second kappa shape index (κ2) is 8.74. The average Bonchev–Trinajstić information content (AvgIpc) is 3.13. The van der Waals surface area contributed by atoms with E-state index in [1.54, 1.807) is 45.4 Å². The summed E-state index contributed by atoms with van der Waals surface area (Å²) in [4.78, 5) is 29.6. The zero-order chi connectivity index (χ0) is 21.0. The lowest BCUT2D eigenvalue weighted by Gasteiger charge is -2.08. The highest BCUT2D eigenvalue weighted by molar-refractivity contribution is 7.17. The first kappa shape index (κ1) is 20.3. The van der Waals surface area contributed by atoms with Gasteiger partial charge in [0.05, 0.1) is 19.9 Å². The van der Waals surface area contributed by atoms with E-state index in [0.717, 1.165) is 11.1 Å². The van der Waals surface area contributed by atoms with Crippen molar-refractivity contribution in [2.24, 2.45) is 0 Å². The van der Waals surface area contributed by atoms with Crippen LogP contribution in [0.15, 0.2) is 42.5 Å². The Kier molecular flexibility index (Phi) is 6.13. The maximum atomic E-state index is 12.5. The van der Waals surface area contributed by atoms with Crippen LogP contribution in [0.4, 0.5) is 0 Å². The van der Waals surface area contributed by atoms with Gasteiger partial charge in [0.2, 0.25) is 0 Å². The van der Waals surface area contributed by atoms with Crippen molar-refractivity contribution in [1.29, 1.82) is 0 Å². The summed E-state index contributed by atoms with van der Waals surface area (Å²) in [6, 6.07) is 12.5. The molecule has 3 aromatic rings. The predicted octanol–water partition coefficient (Wildman–Crippen LogP) is 3.52. The van der Waals surface area contributed by atoms with E-state index < -0.39 is 5.91 Å². The molecule has 0 unspecified atom stereocenters. The molecule has 0 fully saturated rings. The van der Waals surface area contributed by atoms with Gasteiger partial charge < -0.3 is 9.47 Å². The zero-order valence-electron chi connectivity index (χ0n) is 16.5. The molecule has 0 aliphatic heterocycles. The number of hydrazine groups is 1. The average molecular weight is 411 g/mol. The van der Waals surface area contributed by atoms with Crippen molar-refractivity contribution in [3.63, 3.8) is 0 Å². The highest BCUT2D eigenvalue weighted by Crippen LogP contribution is 2.34. The van der Waals surface area contributed by atoms with Crippen molar-refractivity contribution in [3.8, 4) is 22.1 Å². The van der Waals surface area contributed by atoms with Gasteiger partial charge >= 0.3 is 0 Å². The molecule has 8 heteroatoms. The number of nitrogens with zero attached hydrogens (tertiary/aromatic N) is 1. The minimum absolute atomic E-state index is 0.388. The lowest BCUT2D eigenvalue weighted by molar-refractivity contribution is 0.0848. The van der Waals surface area contributed by atoms with E-state index in [-0.39, 0.29) is 5.91 Å². The number of carbonyl (C=O) groups is 2. The summed E-state index contributed by atoms with van der Waals surface area (Å²) >= 11 is 1.23. The molecular formula is C21H21N3O4S. The van der Waals surface area contributed by atoms with Gasteiger partial charge in [-0.3, -0.25) is 20.4 Å². The molecule has 0 bridgehead atoms. The largest absolute Gasteiger partial charge is 0.493 e. The van der Waals surface area contributed by atoms with E-state index >= 15 is 0 Å². The lowest BCUT2D eigenvalue weighted by Crippen LogP contribution is -2.41. The first-order valence-corrected chi connectivity index (χ1v) is 9.61. The second-order valence-corrected chi connectivity index (χ2v) is 7.28. The molecule has 0 aliphatic carbocycles. The number of thiazole rings is 1. The van der Waals surface area contributed by atoms with Gasteiger partial charge in [0, 0.05) is 11.1 Å². The number of carbonyl (C=O) groups excluding carboxylic acids is 2. The van der Waals surface area contributed by atoms with Crippen LogP contribution in [0.5, 0.6) is 11.5 Å². The number of hydrogen-bond donors (Lipinski definition) is 2. The van der Waals surface area contributed by atoms with Crippen LogP contribution in [0.25, 0.3) is 10.6 Å². The number of ether oxygens (including phenoxy) is 2. The Hall–Kier alpha value is -3.39. The molecule has 7 nitrogen and oxygen atoms in total. The molecule has 0 radical (unpaired) electrons.